The van der Waals surface area contributed by atoms with Gasteiger partial charge >= 0.3 is 0 Å². The van der Waals surface area contributed by atoms with Crippen LogP contribution in [0.5, 0.6) is 11.5 Å². The van der Waals surface area contributed by atoms with Crippen LogP contribution in [0.1, 0.15) is 11.1 Å². The zero-order valence-corrected chi connectivity index (χ0v) is 15.2. The predicted molar refractivity (Wildman–Crippen MR) is 102 cm³/mol. The van der Waals surface area contributed by atoms with E-state index in [1.54, 1.807) is 20.4 Å². The van der Waals surface area contributed by atoms with Crippen molar-refractivity contribution in [2.75, 3.05) is 24.9 Å². The minimum Gasteiger partial charge on any atom is -0.493 e. The molecule has 134 valence electrons. The molecule has 2 aromatic carbocycles. The molecule has 2 N–H and O–H groups in total. The van der Waals surface area contributed by atoms with Gasteiger partial charge in [0.15, 0.2) is 17.3 Å². The van der Waals surface area contributed by atoms with Gasteiger partial charge in [-0.3, -0.25) is 0 Å². The Balaban J connectivity index is 1.80. The molecule has 0 saturated carbocycles. The van der Waals surface area contributed by atoms with Crippen LogP contribution in [0.25, 0.3) is 0 Å². The molecule has 1 heterocycles. The van der Waals surface area contributed by atoms with E-state index >= 15 is 0 Å². The lowest BCUT2D eigenvalue weighted by Crippen LogP contribution is -2.03. The summed E-state index contributed by atoms with van der Waals surface area (Å²) < 4.78 is 10.5. The van der Waals surface area contributed by atoms with E-state index in [-0.39, 0.29) is 0 Å². The summed E-state index contributed by atoms with van der Waals surface area (Å²) in [6.07, 6.45) is 1.58. The molecule has 0 saturated heterocycles. The molecule has 7 nitrogen and oxygen atoms in total. The summed E-state index contributed by atoms with van der Waals surface area (Å²) in [4.78, 5) is 4.46. The first kappa shape index (κ1) is 17.5. The Hall–Kier alpha value is -3.35. The predicted octanol–water partition coefficient (Wildman–Crippen LogP) is 3.99. The fraction of sp³-hybridized carbons (Fsp3) is 0.211. The number of methoxy groups -OCH3 is 2. The second-order valence-electron chi connectivity index (χ2n) is 5.80. The van der Waals surface area contributed by atoms with Gasteiger partial charge in [0.05, 0.1) is 20.4 Å². The maximum atomic E-state index is 5.31. The van der Waals surface area contributed by atoms with Crippen LogP contribution in [0.3, 0.4) is 0 Å². The van der Waals surface area contributed by atoms with Gasteiger partial charge in [0, 0.05) is 17.4 Å². The van der Waals surface area contributed by atoms with Crippen molar-refractivity contribution < 1.29 is 9.47 Å². The highest BCUT2D eigenvalue weighted by atomic mass is 16.5. The molecule has 0 aliphatic rings. The number of aryl methyl sites for hydroxylation is 2. The second-order valence-corrected chi connectivity index (χ2v) is 5.80. The van der Waals surface area contributed by atoms with Gasteiger partial charge in [-0.25, -0.2) is 0 Å². The molecule has 0 aliphatic carbocycles. The van der Waals surface area contributed by atoms with Gasteiger partial charge in [-0.2, -0.15) is 10.1 Å². The number of hydrogen-bond donors (Lipinski definition) is 2. The van der Waals surface area contributed by atoms with E-state index in [2.05, 4.69) is 44.0 Å². The molecule has 0 unspecified atom stereocenters. The summed E-state index contributed by atoms with van der Waals surface area (Å²) in [5.41, 5.74) is 4.06. The standard InChI is InChI=1S/C19H21N5O2/c1-12-5-6-13(2)15(9-12)22-18-11-20-24-19(23-18)21-14-7-8-16(25-3)17(10-14)26-4/h5-11H,1-4H3,(H2,21,22,23,24). The Morgan fingerprint density at radius 3 is 2.46 bits per heavy atom. The van der Waals surface area contributed by atoms with E-state index < -0.39 is 0 Å². The van der Waals surface area contributed by atoms with Crippen molar-refractivity contribution in [1.29, 1.82) is 0 Å². The SMILES string of the molecule is COc1ccc(Nc2nncc(Nc3cc(C)ccc3C)n2)cc1OC. The fourth-order valence-electron chi connectivity index (χ4n) is 2.47. The van der Waals surface area contributed by atoms with Crippen LogP contribution in [0.4, 0.5) is 23.1 Å². The van der Waals surface area contributed by atoms with Gasteiger partial charge in [-0.05, 0) is 43.2 Å². The molecule has 0 radical (unpaired) electrons. The van der Waals surface area contributed by atoms with Crippen LogP contribution < -0.4 is 20.1 Å². The molecule has 0 aliphatic heterocycles. The molecule has 0 bridgehead atoms. The van der Waals surface area contributed by atoms with Gasteiger partial charge < -0.3 is 20.1 Å². The topological polar surface area (TPSA) is 81.2 Å². The maximum Gasteiger partial charge on any atom is 0.249 e. The second kappa shape index (κ2) is 7.69. The summed E-state index contributed by atoms with van der Waals surface area (Å²) in [5.74, 6) is 2.27. The molecule has 0 fully saturated rings. The first-order valence-corrected chi connectivity index (χ1v) is 8.12. The number of hydrogen-bond acceptors (Lipinski definition) is 7. The molecule has 3 aromatic rings. The van der Waals surface area contributed by atoms with E-state index in [1.165, 1.54) is 5.56 Å². The van der Waals surface area contributed by atoms with Crippen LogP contribution in [-0.2, 0) is 0 Å². The highest BCUT2D eigenvalue weighted by Crippen LogP contribution is 2.30. The summed E-state index contributed by atoms with van der Waals surface area (Å²) in [6.45, 7) is 4.09. The van der Waals surface area contributed by atoms with Crippen LogP contribution in [-0.4, -0.2) is 29.4 Å². The van der Waals surface area contributed by atoms with Crippen LogP contribution in [0.2, 0.25) is 0 Å². The minimum absolute atomic E-state index is 0.382. The lowest BCUT2D eigenvalue weighted by Gasteiger charge is -2.12. The zero-order valence-electron chi connectivity index (χ0n) is 15.2. The van der Waals surface area contributed by atoms with Crippen molar-refractivity contribution in [1.82, 2.24) is 15.2 Å². The van der Waals surface area contributed by atoms with Gasteiger partial charge in [0.2, 0.25) is 5.95 Å². The van der Waals surface area contributed by atoms with E-state index in [4.69, 9.17) is 9.47 Å². The van der Waals surface area contributed by atoms with Gasteiger partial charge in [-0.1, -0.05) is 12.1 Å². The van der Waals surface area contributed by atoms with Crippen LogP contribution in [0, 0.1) is 13.8 Å². The Labute approximate surface area is 152 Å². The van der Waals surface area contributed by atoms with Crippen LogP contribution >= 0.6 is 0 Å². The first-order valence-electron chi connectivity index (χ1n) is 8.12. The molecule has 0 amide bonds. The van der Waals surface area contributed by atoms with Crippen molar-refractivity contribution in [2.24, 2.45) is 0 Å². The Kier molecular flexibility index (Phi) is 5.17. The van der Waals surface area contributed by atoms with Gasteiger partial charge in [-0.15, -0.1) is 5.10 Å². The number of nitrogens with zero attached hydrogens (tertiary/aromatic N) is 3. The average Bonchev–Trinajstić information content (AvgIpc) is 2.65. The van der Waals surface area contributed by atoms with Crippen molar-refractivity contribution in [2.45, 2.75) is 13.8 Å². The third kappa shape index (κ3) is 4.00. The largest absolute Gasteiger partial charge is 0.493 e. The van der Waals surface area contributed by atoms with Crippen molar-refractivity contribution in [3.05, 3.63) is 53.7 Å². The number of benzene rings is 2. The lowest BCUT2D eigenvalue weighted by atomic mass is 10.1. The number of nitrogens with one attached hydrogen (secondary N) is 2. The van der Waals surface area contributed by atoms with Crippen molar-refractivity contribution >= 4 is 23.1 Å². The normalized spacial score (nSPS) is 10.3. The van der Waals surface area contributed by atoms with E-state index in [9.17, 15) is 0 Å². The highest BCUT2D eigenvalue weighted by Gasteiger charge is 2.07. The molecule has 0 atom stereocenters. The van der Waals surface area contributed by atoms with Crippen molar-refractivity contribution in [3.8, 4) is 11.5 Å². The minimum atomic E-state index is 0.382. The summed E-state index contributed by atoms with van der Waals surface area (Å²) in [7, 11) is 3.19. The summed E-state index contributed by atoms with van der Waals surface area (Å²) in [6, 6.07) is 11.7. The van der Waals surface area contributed by atoms with Crippen LogP contribution in [0.15, 0.2) is 42.6 Å². The quantitative estimate of drug-likeness (QED) is 0.695. The average molecular weight is 351 g/mol. The first-order chi connectivity index (χ1) is 12.6. The zero-order chi connectivity index (χ0) is 18.5. The highest BCUT2D eigenvalue weighted by molar-refractivity contribution is 5.63. The Morgan fingerprint density at radius 2 is 1.69 bits per heavy atom. The summed E-state index contributed by atoms with van der Waals surface area (Å²) in [5, 5.41) is 14.4. The van der Waals surface area contributed by atoms with E-state index in [1.807, 2.05) is 32.0 Å². The molecule has 7 heteroatoms. The number of rotatable bonds is 6. The van der Waals surface area contributed by atoms with Gasteiger partial charge in [0.1, 0.15) is 0 Å². The monoisotopic (exact) mass is 351 g/mol. The molecule has 26 heavy (non-hydrogen) atoms. The molecular weight excluding hydrogens is 330 g/mol. The Morgan fingerprint density at radius 1 is 0.885 bits per heavy atom. The molecular formula is C19H21N5O2. The molecule has 3 rings (SSSR count). The third-order valence-corrected chi connectivity index (χ3v) is 3.85. The van der Waals surface area contributed by atoms with Gasteiger partial charge in [0.25, 0.3) is 0 Å². The Bertz CT molecular complexity index is 914. The number of aromatic nitrogens is 3. The van der Waals surface area contributed by atoms with Crippen molar-refractivity contribution in [3.63, 3.8) is 0 Å². The maximum absolute atomic E-state index is 5.31. The summed E-state index contributed by atoms with van der Waals surface area (Å²) >= 11 is 0. The van der Waals surface area contributed by atoms with E-state index in [0.717, 1.165) is 16.9 Å². The lowest BCUT2D eigenvalue weighted by molar-refractivity contribution is 0.355. The number of ether oxygens (including phenoxy) is 2. The molecule has 0 spiro atoms. The smallest absolute Gasteiger partial charge is 0.249 e. The third-order valence-electron chi connectivity index (χ3n) is 3.85. The molecule has 1 aromatic heterocycles. The number of anilines is 4. The van der Waals surface area contributed by atoms with E-state index in [0.29, 0.717) is 23.3 Å². The fourth-order valence-corrected chi connectivity index (χ4v) is 2.47.